The molecule has 0 bridgehead atoms. The molecule has 0 unspecified atom stereocenters. The average molecular weight is 516 g/mol. The van der Waals surface area contributed by atoms with Crippen molar-refractivity contribution in [3.05, 3.63) is 35.4 Å². The van der Waals surface area contributed by atoms with Gasteiger partial charge in [-0.3, -0.25) is 15.0 Å². The number of carboxylic acids is 2. The normalized spacial score (nSPS) is 10.8. The monoisotopic (exact) mass is 516 g/mol. The molecule has 4 N–H and O–H groups in total. The van der Waals surface area contributed by atoms with Gasteiger partial charge >= 0.3 is 30.3 Å². The second-order valence-corrected chi connectivity index (χ2v) is 6.34. The molecule has 2 amide bonds. The number of carbonyl (C=O) groups is 3. The number of nitrogens with one attached hydrogen (secondary N) is 2. The quantitative estimate of drug-likeness (QED) is 0.442. The first-order chi connectivity index (χ1) is 16.0. The van der Waals surface area contributed by atoms with Gasteiger partial charge in [-0.25, -0.2) is 14.4 Å². The van der Waals surface area contributed by atoms with Crippen molar-refractivity contribution in [3.8, 4) is 0 Å². The Bertz CT molecular complexity index is 969. The number of urea groups is 1. The predicted octanol–water partition coefficient (Wildman–Crippen LogP) is 2.71. The molecular weight excluding hydrogens is 494 g/mol. The van der Waals surface area contributed by atoms with Gasteiger partial charge in [0.15, 0.2) is 0 Å². The van der Waals surface area contributed by atoms with Gasteiger partial charge in [0.05, 0.1) is 0 Å². The van der Waals surface area contributed by atoms with E-state index in [1.807, 2.05) is 32.0 Å². The molecule has 11 nitrogen and oxygen atoms in total. The van der Waals surface area contributed by atoms with Crippen molar-refractivity contribution in [2.75, 3.05) is 11.9 Å². The summed E-state index contributed by atoms with van der Waals surface area (Å²) in [6.45, 7) is 4.44. The summed E-state index contributed by atoms with van der Waals surface area (Å²) in [7, 11) is 1.80. The standard InChI is InChI=1S/C14H20N6O.2C2HF3O2/c1-4-12-17-13(19-20(12)3)18-14(21)15-9-8-11-7-5-6-10(2)16-11;2*3-2(4,5)1(6)7/h5-7H,4,8-9H2,1-3H3,(H2,15,18,19,21);2*(H,6,7). The van der Waals surface area contributed by atoms with Crippen molar-refractivity contribution in [2.45, 2.75) is 39.0 Å². The zero-order valence-corrected chi connectivity index (χ0v) is 18.5. The Kier molecular flexibility index (Phi) is 12.2. The van der Waals surface area contributed by atoms with Crippen LogP contribution in [-0.2, 0) is 29.5 Å². The maximum absolute atomic E-state index is 11.7. The minimum absolute atomic E-state index is 0.309. The number of rotatable bonds is 5. The highest BCUT2D eigenvalue weighted by atomic mass is 19.4. The minimum Gasteiger partial charge on any atom is -0.475 e. The summed E-state index contributed by atoms with van der Waals surface area (Å²) in [6.07, 6.45) is -8.71. The van der Waals surface area contributed by atoms with Crippen molar-refractivity contribution in [1.29, 1.82) is 0 Å². The van der Waals surface area contributed by atoms with Crippen LogP contribution >= 0.6 is 0 Å². The summed E-state index contributed by atoms with van der Waals surface area (Å²) in [4.78, 5) is 38.1. The zero-order valence-electron chi connectivity index (χ0n) is 18.5. The molecule has 0 aliphatic heterocycles. The first-order valence-corrected chi connectivity index (χ1v) is 9.44. The Balaban J connectivity index is 0.000000680. The molecule has 0 aliphatic carbocycles. The first-order valence-electron chi connectivity index (χ1n) is 9.44. The molecule has 0 aliphatic rings. The number of pyridine rings is 1. The molecule has 0 saturated carbocycles. The molecule has 2 aromatic heterocycles. The Labute approximate surface area is 194 Å². The van der Waals surface area contributed by atoms with Crippen molar-refractivity contribution >= 4 is 23.9 Å². The lowest BCUT2D eigenvalue weighted by Crippen LogP contribution is -2.31. The van der Waals surface area contributed by atoms with Gasteiger partial charge in [-0.05, 0) is 19.1 Å². The van der Waals surface area contributed by atoms with Crippen LogP contribution in [0.15, 0.2) is 18.2 Å². The maximum Gasteiger partial charge on any atom is 0.490 e. The lowest BCUT2D eigenvalue weighted by Gasteiger charge is -2.05. The van der Waals surface area contributed by atoms with Crippen LogP contribution in [0.2, 0.25) is 0 Å². The van der Waals surface area contributed by atoms with Crippen LogP contribution in [-0.4, -0.2) is 66.8 Å². The van der Waals surface area contributed by atoms with Gasteiger partial charge in [0.1, 0.15) is 5.82 Å². The highest BCUT2D eigenvalue weighted by molar-refractivity contribution is 5.87. The number of amides is 2. The summed E-state index contributed by atoms with van der Waals surface area (Å²) >= 11 is 0. The van der Waals surface area contributed by atoms with Crippen LogP contribution < -0.4 is 10.6 Å². The number of aliphatic carboxylic acids is 2. The van der Waals surface area contributed by atoms with E-state index in [1.54, 1.807) is 11.7 Å². The van der Waals surface area contributed by atoms with Crippen LogP contribution in [0, 0.1) is 6.92 Å². The Morgan fingerprint density at radius 1 is 1.00 bits per heavy atom. The molecule has 2 rings (SSSR count). The van der Waals surface area contributed by atoms with E-state index in [0.29, 0.717) is 18.9 Å². The second-order valence-electron chi connectivity index (χ2n) is 6.34. The van der Waals surface area contributed by atoms with Gasteiger partial charge in [0, 0.05) is 37.8 Å². The molecule has 0 radical (unpaired) electrons. The van der Waals surface area contributed by atoms with E-state index in [2.05, 4.69) is 25.7 Å². The van der Waals surface area contributed by atoms with Crippen LogP contribution in [0.1, 0.15) is 24.1 Å². The average Bonchev–Trinajstić information content (AvgIpc) is 3.06. The first kappa shape index (κ1) is 31.1. The van der Waals surface area contributed by atoms with E-state index in [0.717, 1.165) is 23.6 Å². The van der Waals surface area contributed by atoms with E-state index in [1.165, 1.54) is 0 Å². The fraction of sp³-hybridized carbons (Fsp3) is 0.444. The molecule has 0 fully saturated rings. The molecule has 2 aromatic rings. The molecule has 0 saturated heterocycles. The highest BCUT2D eigenvalue weighted by Gasteiger charge is 2.38. The largest absolute Gasteiger partial charge is 0.490 e. The number of aromatic nitrogens is 4. The van der Waals surface area contributed by atoms with Gasteiger partial charge in [-0.1, -0.05) is 13.0 Å². The SMILES string of the molecule is CCc1nc(NC(=O)NCCc2cccc(C)n2)nn1C.O=C(O)C(F)(F)F.O=C(O)C(F)(F)F. The van der Waals surface area contributed by atoms with Crippen molar-refractivity contribution in [2.24, 2.45) is 7.05 Å². The van der Waals surface area contributed by atoms with E-state index < -0.39 is 24.3 Å². The Morgan fingerprint density at radius 2 is 1.51 bits per heavy atom. The summed E-state index contributed by atoms with van der Waals surface area (Å²) in [6, 6.07) is 5.54. The van der Waals surface area contributed by atoms with Gasteiger partial charge in [0.25, 0.3) is 0 Å². The van der Waals surface area contributed by atoms with Crippen molar-refractivity contribution in [3.63, 3.8) is 0 Å². The summed E-state index contributed by atoms with van der Waals surface area (Å²) in [5.41, 5.74) is 1.93. The predicted molar refractivity (Wildman–Crippen MR) is 107 cm³/mol. The fourth-order valence-electron chi connectivity index (χ4n) is 1.97. The number of hydrogen-bond acceptors (Lipinski definition) is 6. The number of carbonyl (C=O) groups excluding carboxylic acids is 1. The number of anilines is 1. The van der Waals surface area contributed by atoms with E-state index in [-0.39, 0.29) is 6.03 Å². The van der Waals surface area contributed by atoms with Gasteiger partial charge in [0.2, 0.25) is 5.95 Å². The Morgan fingerprint density at radius 3 is 1.91 bits per heavy atom. The zero-order chi connectivity index (χ0) is 27.4. The molecule has 0 spiro atoms. The van der Waals surface area contributed by atoms with Crippen LogP contribution in [0.5, 0.6) is 0 Å². The topological polar surface area (TPSA) is 159 Å². The Hall–Kier alpha value is -3.92. The number of nitrogens with zero attached hydrogens (tertiary/aromatic N) is 4. The molecule has 196 valence electrons. The summed E-state index contributed by atoms with van der Waals surface area (Å²) in [5.74, 6) is -4.37. The third kappa shape index (κ3) is 13.4. The number of aryl methyl sites for hydroxylation is 3. The molecule has 2 heterocycles. The molecular formula is C18H22F6N6O5. The minimum atomic E-state index is -5.08. The highest BCUT2D eigenvalue weighted by Crippen LogP contribution is 2.13. The van der Waals surface area contributed by atoms with E-state index in [9.17, 15) is 31.1 Å². The van der Waals surface area contributed by atoms with Gasteiger partial charge in [-0.15, -0.1) is 5.10 Å². The van der Waals surface area contributed by atoms with Crippen molar-refractivity contribution in [1.82, 2.24) is 25.1 Å². The number of alkyl halides is 6. The number of halogens is 6. The van der Waals surface area contributed by atoms with Crippen molar-refractivity contribution < 1.29 is 50.9 Å². The summed E-state index contributed by atoms with van der Waals surface area (Å²) in [5, 5.41) is 23.8. The lowest BCUT2D eigenvalue weighted by molar-refractivity contribution is -0.193. The van der Waals surface area contributed by atoms with E-state index in [4.69, 9.17) is 19.8 Å². The number of carboxylic acid groups (broad SMARTS) is 2. The van der Waals surface area contributed by atoms with Gasteiger partial charge < -0.3 is 15.5 Å². The fourth-order valence-corrected chi connectivity index (χ4v) is 1.97. The molecule has 0 aromatic carbocycles. The van der Waals surface area contributed by atoms with Crippen LogP contribution in [0.25, 0.3) is 0 Å². The third-order valence-corrected chi connectivity index (χ3v) is 3.49. The molecule has 17 heteroatoms. The molecule has 0 atom stereocenters. The second kappa shape index (κ2) is 13.7. The van der Waals surface area contributed by atoms with Crippen LogP contribution in [0.4, 0.5) is 37.1 Å². The lowest BCUT2D eigenvalue weighted by atomic mass is 10.2. The molecule has 35 heavy (non-hydrogen) atoms. The third-order valence-electron chi connectivity index (χ3n) is 3.49. The van der Waals surface area contributed by atoms with E-state index >= 15 is 0 Å². The van der Waals surface area contributed by atoms with Gasteiger partial charge in [-0.2, -0.15) is 31.3 Å². The number of hydrogen-bond donors (Lipinski definition) is 4. The maximum atomic E-state index is 11.7. The smallest absolute Gasteiger partial charge is 0.475 e. The summed E-state index contributed by atoms with van der Waals surface area (Å²) < 4.78 is 65.1. The van der Waals surface area contributed by atoms with Crippen LogP contribution in [0.3, 0.4) is 0 Å².